The number of pyridine rings is 1. The molecule has 0 spiro atoms. The number of nitrogens with one attached hydrogen (secondary N) is 2. The Morgan fingerprint density at radius 1 is 1.00 bits per heavy atom. The topological polar surface area (TPSA) is 49.9 Å². The molecule has 0 aliphatic rings. The molecule has 34 heavy (non-hydrogen) atoms. The molecule has 0 amide bonds. The fourth-order valence-electron chi connectivity index (χ4n) is 4.48. The van der Waals surface area contributed by atoms with Gasteiger partial charge in [0.15, 0.2) is 0 Å². The summed E-state index contributed by atoms with van der Waals surface area (Å²) in [6.07, 6.45) is 13.6. The van der Waals surface area contributed by atoms with E-state index in [2.05, 4.69) is 83.9 Å². The van der Waals surface area contributed by atoms with Gasteiger partial charge in [-0.05, 0) is 93.5 Å². The number of ether oxygens (including phenoxy) is 1. The second kappa shape index (κ2) is 11.6. The minimum absolute atomic E-state index is 0.687. The number of H-pyrrole nitrogens is 1. The van der Waals surface area contributed by atoms with Crippen LogP contribution in [0.3, 0.4) is 0 Å². The Morgan fingerprint density at radius 2 is 1.88 bits per heavy atom. The maximum Gasteiger partial charge on any atom is 0.120 e. The van der Waals surface area contributed by atoms with Gasteiger partial charge in [-0.25, -0.2) is 0 Å². The third-order valence-electron chi connectivity index (χ3n) is 6.19. The largest absolute Gasteiger partial charge is 0.494 e. The van der Waals surface area contributed by atoms with Gasteiger partial charge in [-0.15, -0.1) is 0 Å². The number of allylic oxidation sites excluding steroid dienone is 1. The Labute approximate surface area is 203 Å². The van der Waals surface area contributed by atoms with Gasteiger partial charge in [-0.1, -0.05) is 31.2 Å². The van der Waals surface area contributed by atoms with Gasteiger partial charge in [0.25, 0.3) is 0 Å². The lowest BCUT2D eigenvalue weighted by Crippen LogP contribution is -1.99. The number of aryl methyl sites for hydroxylation is 3. The molecule has 2 N–H and O–H groups in total. The summed E-state index contributed by atoms with van der Waals surface area (Å²) in [6.45, 7) is 6.97. The predicted octanol–water partition coefficient (Wildman–Crippen LogP) is 7.87. The van der Waals surface area contributed by atoms with Gasteiger partial charge in [0.05, 0.1) is 6.61 Å². The van der Waals surface area contributed by atoms with Crippen LogP contribution in [0.1, 0.15) is 56.0 Å². The lowest BCUT2D eigenvalue weighted by molar-refractivity contribution is 0.340. The van der Waals surface area contributed by atoms with E-state index in [0.717, 1.165) is 54.9 Å². The number of hydrogen-bond acceptors (Lipinski definition) is 3. The average molecular weight is 454 g/mol. The molecular weight excluding hydrogens is 418 g/mol. The van der Waals surface area contributed by atoms with Crippen molar-refractivity contribution in [2.45, 2.75) is 52.9 Å². The highest BCUT2D eigenvalue weighted by Crippen LogP contribution is 2.27. The second-order valence-electron chi connectivity index (χ2n) is 8.55. The molecule has 0 unspecified atom stereocenters. The summed E-state index contributed by atoms with van der Waals surface area (Å²) in [5.41, 5.74) is 8.49. The molecule has 4 heteroatoms. The molecule has 176 valence electrons. The highest BCUT2D eigenvalue weighted by Gasteiger charge is 2.08. The van der Waals surface area contributed by atoms with Gasteiger partial charge >= 0.3 is 0 Å². The summed E-state index contributed by atoms with van der Waals surface area (Å²) in [5.74, 6) is 0.937. The zero-order chi connectivity index (χ0) is 23.8. The van der Waals surface area contributed by atoms with Crippen LogP contribution in [0.4, 0.5) is 11.4 Å². The van der Waals surface area contributed by atoms with Crippen molar-refractivity contribution in [3.63, 3.8) is 0 Å². The van der Waals surface area contributed by atoms with Crippen molar-refractivity contribution in [2.24, 2.45) is 0 Å². The van der Waals surface area contributed by atoms with Crippen LogP contribution in [-0.2, 0) is 19.3 Å². The van der Waals surface area contributed by atoms with E-state index in [-0.39, 0.29) is 0 Å². The summed E-state index contributed by atoms with van der Waals surface area (Å²) in [5, 5.41) is 4.88. The fourth-order valence-corrected chi connectivity index (χ4v) is 4.48. The SMILES string of the molecule is C/C=C\c1c(CC)cccc1Nc1ccnc(CCCCc2c[nH]c3ccc(OCC)cc23)c1. The van der Waals surface area contributed by atoms with E-state index < -0.39 is 0 Å². The highest BCUT2D eigenvalue weighted by atomic mass is 16.5. The van der Waals surface area contributed by atoms with Crippen molar-refractivity contribution in [1.29, 1.82) is 0 Å². The van der Waals surface area contributed by atoms with E-state index in [9.17, 15) is 0 Å². The number of rotatable bonds is 11. The molecule has 0 atom stereocenters. The lowest BCUT2D eigenvalue weighted by atomic mass is 10.0. The number of fused-ring (bicyclic) bond motifs is 1. The van der Waals surface area contributed by atoms with Crippen molar-refractivity contribution >= 4 is 28.4 Å². The van der Waals surface area contributed by atoms with E-state index in [0.29, 0.717) is 6.61 Å². The van der Waals surface area contributed by atoms with E-state index in [1.807, 2.05) is 25.3 Å². The molecule has 0 aliphatic carbocycles. The van der Waals surface area contributed by atoms with Crippen LogP contribution in [-0.4, -0.2) is 16.6 Å². The minimum Gasteiger partial charge on any atom is -0.494 e. The molecule has 0 radical (unpaired) electrons. The standard InChI is InChI=1S/C30H35N3O/c1-4-10-27-22(5-2)12-9-14-30(27)33-25-17-18-31-24(19-25)13-8-7-11-23-21-32-29-16-15-26(34-6-3)20-28(23)29/h4,9-10,12,14-21,32H,5-8,11,13H2,1-3H3,(H,31,33)/b10-4-. The molecule has 2 aromatic carbocycles. The molecule has 2 heterocycles. The van der Waals surface area contributed by atoms with Crippen molar-refractivity contribution in [2.75, 3.05) is 11.9 Å². The predicted molar refractivity (Wildman–Crippen MR) is 144 cm³/mol. The number of aromatic nitrogens is 2. The Morgan fingerprint density at radius 3 is 2.71 bits per heavy atom. The first kappa shape index (κ1) is 23.6. The van der Waals surface area contributed by atoms with Crippen LogP contribution in [0.25, 0.3) is 17.0 Å². The first-order valence-corrected chi connectivity index (χ1v) is 12.4. The monoisotopic (exact) mass is 453 g/mol. The number of benzene rings is 2. The Hall–Kier alpha value is -3.53. The number of anilines is 2. The molecule has 0 saturated heterocycles. The summed E-state index contributed by atoms with van der Waals surface area (Å²) in [4.78, 5) is 8.00. The maximum absolute atomic E-state index is 5.68. The Bertz CT molecular complexity index is 1260. The summed E-state index contributed by atoms with van der Waals surface area (Å²) in [6, 6.07) is 17.0. The summed E-state index contributed by atoms with van der Waals surface area (Å²) >= 11 is 0. The van der Waals surface area contributed by atoms with Crippen molar-refractivity contribution in [1.82, 2.24) is 9.97 Å². The van der Waals surface area contributed by atoms with Gasteiger partial charge in [0, 0.05) is 45.9 Å². The first-order valence-electron chi connectivity index (χ1n) is 12.4. The zero-order valence-corrected chi connectivity index (χ0v) is 20.5. The van der Waals surface area contributed by atoms with Crippen LogP contribution in [0, 0.1) is 0 Å². The lowest BCUT2D eigenvalue weighted by Gasteiger charge is -2.14. The van der Waals surface area contributed by atoms with Crippen molar-refractivity contribution in [3.05, 3.63) is 89.4 Å². The molecular formula is C30H35N3O. The summed E-state index contributed by atoms with van der Waals surface area (Å²) < 4.78 is 5.68. The molecule has 0 saturated carbocycles. The normalized spacial score (nSPS) is 11.4. The Balaban J connectivity index is 1.37. The van der Waals surface area contributed by atoms with E-state index in [4.69, 9.17) is 4.74 Å². The average Bonchev–Trinajstić information content (AvgIpc) is 3.26. The molecule has 0 fully saturated rings. The number of nitrogens with zero attached hydrogens (tertiary/aromatic N) is 1. The number of aromatic amines is 1. The quantitative estimate of drug-likeness (QED) is 0.227. The molecule has 0 aliphatic heterocycles. The van der Waals surface area contributed by atoms with E-state index in [1.165, 1.54) is 27.6 Å². The maximum atomic E-state index is 5.68. The molecule has 4 aromatic rings. The van der Waals surface area contributed by atoms with Gasteiger partial charge in [-0.3, -0.25) is 4.98 Å². The molecule has 0 bridgehead atoms. The van der Waals surface area contributed by atoms with Crippen LogP contribution in [0.2, 0.25) is 0 Å². The zero-order valence-electron chi connectivity index (χ0n) is 20.5. The highest BCUT2D eigenvalue weighted by molar-refractivity contribution is 5.84. The van der Waals surface area contributed by atoms with E-state index in [1.54, 1.807) is 0 Å². The van der Waals surface area contributed by atoms with Crippen LogP contribution in [0.5, 0.6) is 5.75 Å². The van der Waals surface area contributed by atoms with Gasteiger partial charge < -0.3 is 15.0 Å². The van der Waals surface area contributed by atoms with Gasteiger partial charge in [0.1, 0.15) is 5.75 Å². The smallest absolute Gasteiger partial charge is 0.120 e. The van der Waals surface area contributed by atoms with E-state index >= 15 is 0 Å². The van der Waals surface area contributed by atoms with Gasteiger partial charge in [0.2, 0.25) is 0 Å². The fraction of sp³-hybridized carbons (Fsp3) is 0.300. The third-order valence-corrected chi connectivity index (χ3v) is 6.19. The van der Waals surface area contributed by atoms with Crippen molar-refractivity contribution in [3.8, 4) is 5.75 Å². The number of unbranched alkanes of at least 4 members (excludes halogenated alkanes) is 1. The minimum atomic E-state index is 0.687. The van der Waals surface area contributed by atoms with Crippen LogP contribution < -0.4 is 10.1 Å². The van der Waals surface area contributed by atoms with Crippen molar-refractivity contribution < 1.29 is 4.74 Å². The Kier molecular flexibility index (Phi) is 8.03. The second-order valence-corrected chi connectivity index (χ2v) is 8.55. The number of hydrogen-bond donors (Lipinski definition) is 2. The molecule has 4 nitrogen and oxygen atoms in total. The summed E-state index contributed by atoms with van der Waals surface area (Å²) in [7, 11) is 0. The third kappa shape index (κ3) is 5.69. The molecule has 2 aromatic heterocycles. The van der Waals surface area contributed by atoms with Crippen LogP contribution >= 0.6 is 0 Å². The molecule has 4 rings (SSSR count). The van der Waals surface area contributed by atoms with Gasteiger partial charge in [-0.2, -0.15) is 0 Å². The first-order chi connectivity index (χ1) is 16.7. The van der Waals surface area contributed by atoms with Crippen LogP contribution in [0.15, 0.2) is 67.0 Å².